The first-order chi connectivity index (χ1) is 12.7. The second-order valence-electron chi connectivity index (χ2n) is 5.72. The van der Waals surface area contributed by atoms with Gasteiger partial charge in [0.25, 0.3) is 0 Å². The first-order valence-corrected chi connectivity index (χ1v) is 12.0. The maximum absolute atomic E-state index is 11.9. The van der Waals surface area contributed by atoms with Crippen LogP contribution in [0.4, 0.5) is 0 Å². The highest BCUT2D eigenvalue weighted by Gasteiger charge is 2.14. The fourth-order valence-electron chi connectivity index (χ4n) is 2.22. The van der Waals surface area contributed by atoms with Crippen LogP contribution in [0.15, 0.2) is 50.9 Å². The lowest BCUT2D eigenvalue weighted by Gasteiger charge is -2.07. The Morgan fingerprint density at radius 1 is 1.04 bits per heavy atom. The first kappa shape index (κ1) is 21.5. The Morgan fingerprint density at radius 2 is 1.74 bits per heavy atom. The van der Waals surface area contributed by atoms with Gasteiger partial charge in [-0.1, -0.05) is 18.2 Å². The first-order valence-electron chi connectivity index (χ1n) is 8.10. The Bertz CT molecular complexity index is 953. The molecule has 0 aliphatic carbocycles. The van der Waals surface area contributed by atoms with Crippen molar-refractivity contribution in [3.8, 4) is 0 Å². The summed E-state index contributed by atoms with van der Waals surface area (Å²) in [5.41, 5.74) is 0.867. The van der Waals surface area contributed by atoms with Gasteiger partial charge in [-0.15, -0.1) is 11.3 Å². The Kier molecular flexibility index (Phi) is 7.50. The van der Waals surface area contributed by atoms with Gasteiger partial charge >= 0.3 is 0 Å². The summed E-state index contributed by atoms with van der Waals surface area (Å²) >= 11 is 1.14. The minimum Gasteiger partial charge on any atom is -0.356 e. The number of hydrogen-bond acceptors (Lipinski definition) is 6. The zero-order valence-corrected chi connectivity index (χ0v) is 16.9. The molecule has 0 saturated heterocycles. The molecule has 4 N–H and O–H groups in total. The molecule has 0 saturated carbocycles. The van der Waals surface area contributed by atoms with Crippen molar-refractivity contribution in [2.24, 2.45) is 5.14 Å². The quantitative estimate of drug-likeness (QED) is 0.479. The van der Waals surface area contributed by atoms with Crippen LogP contribution in [-0.4, -0.2) is 35.8 Å². The smallest absolute Gasteiger partial charge is 0.250 e. The number of benzene rings is 1. The van der Waals surface area contributed by atoms with E-state index in [9.17, 15) is 21.6 Å². The van der Waals surface area contributed by atoms with E-state index < -0.39 is 20.0 Å². The van der Waals surface area contributed by atoms with Gasteiger partial charge in [0.1, 0.15) is 4.21 Å². The molecule has 1 heterocycles. The van der Waals surface area contributed by atoms with Crippen LogP contribution in [0.25, 0.3) is 0 Å². The van der Waals surface area contributed by atoms with Crippen LogP contribution < -0.4 is 15.2 Å². The third kappa shape index (κ3) is 7.03. The molecule has 0 spiro atoms. The number of nitrogens with two attached hydrogens (primary N) is 1. The third-order valence-electron chi connectivity index (χ3n) is 3.62. The van der Waals surface area contributed by atoms with Gasteiger partial charge in [-0.3, -0.25) is 4.79 Å². The van der Waals surface area contributed by atoms with Gasteiger partial charge in [0.05, 0.1) is 4.90 Å². The van der Waals surface area contributed by atoms with E-state index >= 15 is 0 Å². The Labute approximate surface area is 162 Å². The molecule has 0 bridgehead atoms. The highest BCUT2D eigenvalue weighted by atomic mass is 32.2. The molecule has 0 fully saturated rings. The molecule has 27 heavy (non-hydrogen) atoms. The molecule has 0 atom stereocenters. The van der Waals surface area contributed by atoms with Crippen LogP contribution in [0.2, 0.25) is 0 Å². The number of primary sulfonamides is 1. The largest absolute Gasteiger partial charge is 0.356 e. The van der Waals surface area contributed by atoms with Crippen molar-refractivity contribution in [3.63, 3.8) is 0 Å². The van der Waals surface area contributed by atoms with E-state index in [1.54, 1.807) is 23.6 Å². The van der Waals surface area contributed by atoms with Gasteiger partial charge in [0.15, 0.2) is 0 Å². The van der Waals surface area contributed by atoms with Gasteiger partial charge in [-0.25, -0.2) is 26.7 Å². The third-order valence-corrected chi connectivity index (χ3v) is 7.41. The van der Waals surface area contributed by atoms with Crippen molar-refractivity contribution in [2.45, 2.75) is 28.4 Å². The molecule has 11 heteroatoms. The molecule has 2 rings (SSSR count). The monoisotopic (exact) mass is 431 g/mol. The van der Waals surface area contributed by atoms with E-state index in [1.807, 2.05) is 0 Å². The van der Waals surface area contributed by atoms with Crippen molar-refractivity contribution in [1.82, 2.24) is 10.0 Å². The molecule has 8 nitrogen and oxygen atoms in total. The Balaban J connectivity index is 1.65. The molecular formula is C16H21N3O5S3. The average Bonchev–Trinajstić information content (AvgIpc) is 3.14. The molecular weight excluding hydrogens is 410 g/mol. The highest BCUT2D eigenvalue weighted by Crippen LogP contribution is 2.15. The van der Waals surface area contributed by atoms with Crippen molar-refractivity contribution >= 4 is 37.3 Å². The molecule has 1 aromatic heterocycles. The SMILES string of the molecule is NS(=O)(=O)c1ccc(CCNC(=O)CCCNS(=O)(=O)c2cccs2)cc1. The molecule has 1 amide bonds. The second kappa shape index (κ2) is 9.42. The van der Waals surface area contributed by atoms with Crippen LogP contribution in [0.3, 0.4) is 0 Å². The van der Waals surface area contributed by atoms with Crippen molar-refractivity contribution < 1.29 is 21.6 Å². The highest BCUT2D eigenvalue weighted by molar-refractivity contribution is 7.91. The topological polar surface area (TPSA) is 135 Å². The van der Waals surface area contributed by atoms with Crippen molar-refractivity contribution in [3.05, 3.63) is 47.3 Å². The molecule has 0 aliphatic rings. The van der Waals surface area contributed by atoms with E-state index in [-0.39, 0.29) is 28.0 Å². The van der Waals surface area contributed by atoms with Gasteiger partial charge in [-0.05, 0) is 42.0 Å². The van der Waals surface area contributed by atoms with Crippen molar-refractivity contribution in [1.29, 1.82) is 0 Å². The molecule has 1 aromatic carbocycles. The zero-order valence-electron chi connectivity index (χ0n) is 14.4. The predicted octanol–water partition coefficient (Wildman–Crippen LogP) is 0.813. The van der Waals surface area contributed by atoms with Crippen LogP contribution in [0.1, 0.15) is 18.4 Å². The van der Waals surface area contributed by atoms with Crippen molar-refractivity contribution in [2.75, 3.05) is 13.1 Å². The van der Waals surface area contributed by atoms with E-state index in [0.717, 1.165) is 16.9 Å². The normalized spacial score (nSPS) is 12.0. The summed E-state index contributed by atoms with van der Waals surface area (Å²) < 4.78 is 48.9. The molecule has 0 radical (unpaired) electrons. The number of sulfonamides is 2. The number of rotatable bonds is 10. The Hall–Kier alpha value is -1.79. The van der Waals surface area contributed by atoms with E-state index in [4.69, 9.17) is 5.14 Å². The average molecular weight is 432 g/mol. The lowest BCUT2D eigenvalue weighted by Crippen LogP contribution is -2.28. The lowest BCUT2D eigenvalue weighted by molar-refractivity contribution is -0.121. The maximum Gasteiger partial charge on any atom is 0.250 e. The standard InChI is InChI=1S/C16H21N3O5S3/c17-26(21,22)14-7-5-13(6-8-14)9-11-18-15(20)3-1-10-19-27(23,24)16-4-2-12-25-16/h2,4-8,12,19H,1,3,9-11H2,(H,18,20)(H2,17,21,22). The number of thiophene rings is 1. The summed E-state index contributed by atoms with van der Waals surface area (Å²) in [6, 6.07) is 9.32. The number of carbonyl (C=O) groups is 1. The number of hydrogen-bond donors (Lipinski definition) is 3. The molecule has 0 unspecified atom stereocenters. The van der Waals surface area contributed by atoms with Gasteiger partial charge in [0.2, 0.25) is 26.0 Å². The maximum atomic E-state index is 11.9. The van der Waals surface area contributed by atoms with E-state index in [2.05, 4.69) is 10.0 Å². The molecule has 0 aliphatic heterocycles. The number of amides is 1. The summed E-state index contributed by atoms with van der Waals surface area (Å²) in [5.74, 6) is -0.175. The molecule has 2 aromatic rings. The number of carbonyl (C=O) groups excluding carboxylic acids is 1. The Morgan fingerprint density at radius 3 is 2.33 bits per heavy atom. The molecule has 148 valence electrons. The summed E-state index contributed by atoms with van der Waals surface area (Å²) in [6.07, 6.45) is 1.14. The van der Waals surface area contributed by atoms with Gasteiger partial charge in [0, 0.05) is 19.5 Å². The zero-order chi connectivity index (χ0) is 19.9. The minimum absolute atomic E-state index is 0.0419. The van der Waals surface area contributed by atoms with Gasteiger partial charge < -0.3 is 5.32 Å². The predicted molar refractivity (Wildman–Crippen MR) is 103 cm³/mol. The van der Waals surface area contributed by atoms with E-state index in [0.29, 0.717) is 19.4 Å². The summed E-state index contributed by atoms with van der Waals surface area (Å²) in [5, 5.41) is 9.46. The second-order valence-corrected chi connectivity index (χ2v) is 10.2. The number of nitrogens with one attached hydrogen (secondary N) is 2. The van der Waals surface area contributed by atoms with Crippen LogP contribution in [0.5, 0.6) is 0 Å². The van der Waals surface area contributed by atoms with Crippen LogP contribution in [0, 0.1) is 0 Å². The lowest BCUT2D eigenvalue weighted by atomic mass is 10.1. The fraction of sp³-hybridized carbons (Fsp3) is 0.312. The minimum atomic E-state index is -3.71. The van der Waals surface area contributed by atoms with E-state index in [1.165, 1.54) is 18.2 Å². The van der Waals surface area contributed by atoms with Crippen LogP contribution in [-0.2, 0) is 31.3 Å². The summed E-state index contributed by atoms with van der Waals surface area (Å²) in [4.78, 5) is 11.8. The fourth-order valence-corrected chi connectivity index (χ4v) is 4.85. The van der Waals surface area contributed by atoms with Crippen LogP contribution >= 0.6 is 11.3 Å². The summed E-state index contributed by atoms with van der Waals surface area (Å²) in [6.45, 7) is 0.581. The van der Waals surface area contributed by atoms with Gasteiger partial charge in [-0.2, -0.15) is 0 Å². The summed E-state index contributed by atoms with van der Waals surface area (Å²) in [7, 11) is -7.21.